The highest BCUT2D eigenvalue weighted by molar-refractivity contribution is 6.12. The van der Waals surface area contributed by atoms with Crippen molar-refractivity contribution in [3.05, 3.63) is 65.4 Å². The van der Waals surface area contributed by atoms with Crippen LogP contribution in [0.4, 0.5) is 0 Å². The molecule has 37 heavy (non-hydrogen) atoms. The molecule has 204 valence electrons. The molecule has 0 aliphatic rings. The first-order valence-electron chi connectivity index (χ1n) is 14.5. The maximum Gasteiger partial charge on any atom is 0.231 e. The van der Waals surface area contributed by atoms with Crippen molar-refractivity contribution >= 4 is 11.9 Å². The minimum absolute atomic E-state index is 0.167. The smallest absolute Gasteiger partial charge is 0.231 e. The van der Waals surface area contributed by atoms with E-state index in [0.29, 0.717) is 42.6 Å². The van der Waals surface area contributed by atoms with Crippen molar-refractivity contribution in [2.75, 3.05) is 19.8 Å². The Bertz CT molecular complexity index is 904. The second-order valence-electron chi connectivity index (χ2n) is 9.61. The van der Waals surface area contributed by atoms with Crippen molar-refractivity contribution in [1.82, 2.24) is 0 Å². The van der Waals surface area contributed by atoms with Gasteiger partial charge in [-0.1, -0.05) is 115 Å². The van der Waals surface area contributed by atoms with Gasteiger partial charge < -0.3 is 14.2 Å². The summed E-state index contributed by atoms with van der Waals surface area (Å²) in [5, 5.41) is 0. The summed E-state index contributed by atoms with van der Waals surface area (Å²) in [5.74, 6) is 1.35. The van der Waals surface area contributed by atoms with Gasteiger partial charge in [0.05, 0.1) is 25.4 Å². The average Bonchev–Trinajstić information content (AvgIpc) is 2.92. The summed E-state index contributed by atoms with van der Waals surface area (Å²) in [7, 11) is 0. The van der Waals surface area contributed by atoms with Crippen LogP contribution in [0, 0.1) is 0 Å². The molecular weight excluding hydrogens is 460 g/mol. The second-order valence-corrected chi connectivity index (χ2v) is 9.61. The summed E-state index contributed by atoms with van der Waals surface area (Å²) < 4.78 is 18.5. The monoisotopic (exact) mass is 508 g/mol. The first-order chi connectivity index (χ1) is 18.2. The standard InChI is InChI=1S/C33H48O4/c1-4-7-10-16-24-35-30-23-19-22-29(33(30)37-26-18-12-9-6-3)32(34)31(36-25-17-11-8-5-2)27-28-20-14-13-15-21-28/h13-15,19-23,27H,4-12,16-18,24-26H2,1-3H3/b31-27-. The summed E-state index contributed by atoms with van der Waals surface area (Å²) in [6.45, 7) is 8.28. The highest BCUT2D eigenvalue weighted by atomic mass is 16.5. The molecule has 0 aliphatic heterocycles. The Hall–Kier alpha value is -2.75. The number of ketones is 1. The number of ether oxygens (including phenoxy) is 3. The number of para-hydroxylation sites is 1. The maximum absolute atomic E-state index is 13.9. The largest absolute Gasteiger partial charge is 0.490 e. The van der Waals surface area contributed by atoms with Gasteiger partial charge in [0.2, 0.25) is 5.78 Å². The summed E-state index contributed by atoms with van der Waals surface area (Å²) in [6, 6.07) is 15.5. The van der Waals surface area contributed by atoms with E-state index in [4.69, 9.17) is 14.2 Å². The molecule has 0 aliphatic carbocycles. The van der Waals surface area contributed by atoms with E-state index in [1.54, 1.807) is 0 Å². The molecule has 0 N–H and O–H groups in total. The van der Waals surface area contributed by atoms with Gasteiger partial charge in [-0.2, -0.15) is 0 Å². The van der Waals surface area contributed by atoms with E-state index in [2.05, 4.69) is 20.8 Å². The molecule has 0 saturated heterocycles. The SMILES string of the molecule is CCCCCCO/C(=C\c1ccccc1)C(=O)c1cccc(OCCCCCC)c1OCCCCCC. The molecule has 0 atom stereocenters. The van der Waals surface area contributed by atoms with Gasteiger partial charge in [0.25, 0.3) is 0 Å². The van der Waals surface area contributed by atoms with Crippen LogP contribution in [-0.4, -0.2) is 25.6 Å². The normalized spacial score (nSPS) is 11.4. The van der Waals surface area contributed by atoms with Crippen LogP contribution < -0.4 is 9.47 Å². The lowest BCUT2D eigenvalue weighted by Crippen LogP contribution is -2.12. The molecule has 0 radical (unpaired) electrons. The van der Waals surface area contributed by atoms with Crippen LogP contribution in [0.1, 0.15) is 114 Å². The van der Waals surface area contributed by atoms with E-state index in [1.165, 1.54) is 32.1 Å². The Morgan fingerprint density at radius 2 is 1.24 bits per heavy atom. The van der Waals surface area contributed by atoms with Crippen molar-refractivity contribution < 1.29 is 19.0 Å². The van der Waals surface area contributed by atoms with Crippen molar-refractivity contribution in [1.29, 1.82) is 0 Å². The number of benzene rings is 2. The van der Waals surface area contributed by atoms with Crippen molar-refractivity contribution in [2.24, 2.45) is 0 Å². The minimum atomic E-state index is -0.167. The fourth-order valence-corrected chi connectivity index (χ4v) is 4.09. The number of carbonyl (C=O) groups excluding carboxylic acids is 1. The molecule has 2 aromatic rings. The van der Waals surface area contributed by atoms with E-state index in [-0.39, 0.29) is 5.78 Å². The van der Waals surface area contributed by atoms with Gasteiger partial charge in [-0.3, -0.25) is 4.79 Å². The summed E-state index contributed by atoms with van der Waals surface area (Å²) in [6.07, 6.45) is 15.1. The Morgan fingerprint density at radius 1 is 0.649 bits per heavy atom. The zero-order valence-electron chi connectivity index (χ0n) is 23.4. The quantitative estimate of drug-likeness (QED) is 0.0729. The Kier molecular flexibility index (Phi) is 16.0. The molecule has 4 nitrogen and oxygen atoms in total. The van der Waals surface area contributed by atoms with Crippen molar-refractivity contribution in [3.8, 4) is 11.5 Å². The zero-order valence-corrected chi connectivity index (χ0v) is 23.4. The number of hydrogen-bond donors (Lipinski definition) is 0. The van der Waals surface area contributed by atoms with Gasteiger partial charge in [0, 0.05) is 0 Å². The molecule has 0 bridgehead atoms. The molecule has 0 fully saturated rings. The molecular formula is C33H48O4. The fourth-order valence-electron chi connectivity index (χ4n) is 4.09. The first kappa shape index (κ1) is 30.5. The van der Waals surface area contributed by atoms with E-state index < -0.39 is 0 Å². The average molecular weight is 509 g/mol. The van der Waals surface area contributed by atoms with Gasteiger partial charge in [0.1, 0.15) is 0 Å². The van der Waals surface area contributed by atoms with Crippen LogP contribution in [0.15, 0.2) is 54.3 Å². The van der Waals surface area contributed by atoms with Gasteiger partial charge in [-0.15, -0.1) is 0 Å². The highest BCUT2D eigenvalue weighted by Crippen LogP contribution is 2.34. The van der Waals surface area contributed by atoms with Gasteiger partial charge in [0.15, 0.2) is 17.3 Å². The lowest BCUT2D eigenvalue weighted by Gasteiger charge is -2.17. The number of allylic oxidation sites excluding steroid dienone is 1. The van der Waals surface area contributed by atoms with Gasteiger partial charge >= 0.3 is 0 Å². The Labute approximate surface area is 225 Å². The third kappa shape index (κ3) is 11.9. The molecule has 4 heteroatoms. The van der Waals surface area contributed by atoms with Gasteiger partial charge in [-0.25, -0.2) is 0 Å². The van der Waals surface area contributed by atoms with Crippen LogP contribution >= 0.6 is 0 Å². The summed E-state index contributed by atoms with van der Waals surface area (Å²) >= 11 is 0. The lowest BCUT2D eigenvalue weighted by atomic mass is 10.1. The second kappa shape index (κ2) is 19.4. The molecule has 0 heterocycles. The predicted octanol–water partition coefficient (Wildman–Crippen LogP) is 9.43. The maximum atomic E-state index is 13.9. The van der Waals surface area contributed by atoms with Gasteiger partial charge in [-0.05, 0) is 43.0 Å². The summed E-state index contributed by atoms with van der Waals surface area (Å²) in [4.78, 5) is 13.9. The molecule has 0 unspecified atom stereocenters. The lowest BCUT2D eigenvalue weighted by molar-refractivity contribution is 0.0914. The fraction of sp³-hybridized carbons (Fsp3) is 0.545. The van der Waals surface area contributed by atoms with Crippen LogP contribution in [0.2, 0.25) is 0 Å². The molecule has 0 amide bonds. The van der Waals surface area contributed by atoms with Crippen LogP contribution in [-0.2, 0) is 4.74 Å². The number of hydrogen-bond acceptors (Lipinski definition) is 4. The minimum Gasteiger partial charge on any atom is -0.490 e. The van der Waals surface area contributed by atoms with E-state index in [1.807, 2.05) is 54.6 Å². The molecule has 0 aromatic heterocycles. The topological polar surface area (TPSA) is 44.8 Å². The molecule has 2 aromatic carbocycles. The molecule has 2 rings (SSSR count). The number of unbranched alkanes of at least 4 members (excludes halogenated alkanes) is 9. The van der Waals surface area contributed by atoms with E-state index >= 15 is 0 Å². The third-order valence-corrected chi connectivity index (χ3v) is 6.30. The zero-order chi connectivity index (χ0) is 26.6. The van der Waals surface area contributed by atoms with Crippen molar-refractivity contribution in [3.63, 3.8) is 0 Å². The van der Waals surface area contributed by atoms with Crippen LogP contribution in [0.3, 0.4) is 0 Å². The number of carbonyl (C=O) groups is 1. The van der Waals surface area contributed by atoms with E-state index in [9.17, 15) is 4.79 Å². The van der Waals surface area contributed by atoms with Crippen LogP contribution in [0.25, 0.3) is 6.08 Å². The third-order valence-electron chi connectivity index (χ3n) is 6.30. The summed E-state index contributed by atoms with van der Waals surface area (Å²) in [5.41, 5.74) is 1.43. The highest BCUT2D eigenvalue weighted by Gasteiger charge is 2.22. The number of rotatable bonds is 21. The van der Waals surface area contributed by atoms with Crippen LogP contribution in [0.5, 0.6) is 11.5 Å². The Morgan fingerprint density at radius 3 is 1.86 bits per heavy atom. The Balaban J connectivity index is 2.28. The molecule has 0 saturated carbocycles. The number of Topliss-reactive ketones (excluding diaryl/α,β-unsaturated/α-hetero) is 1. The molecule has 0 spiro atoms. The first-order valence-corrected chi connectivity index (χ1v) is 14.5. The van der Waals surface area contributed by atoms with E-state index in [0.717, 1.165) is 50.5 Å². The predicted molar refractivity (Wildman–Crippen MR) is 155 cm³/mol. The van der Waals surface area contributed by atoms with Crippen molar-refractivity contribution in [2.45, 2.75) is 97.8 Å².